The Bertz CT molecular complexity index is 1410. The Kier molecular flexibility index (Phi) is 3.05. The summed E-state index contributed by atoms with van der Waals surface area (Å²) < 4.78 is 12.3. The normalized spacial score (nSPS) is 11.9. The molecule has 0 aliphatic carbocycles. The van der Waals surface area contributed by atoms with E-state index in [0.717, 1.165) is 33.5 Å². The summed E-state index contributed by atoms with van der Waals surface area (Å²) in [6.45, 7) is 4.23. The second-order valence-electron chi connectivity index (χ2n) is 7.63. The molecule has 2 nitrogen and oxygen atoms in total. The molecule has 6 aromatic rings. The minimum atomic E-state index is 0.763. The highest BCUT2D eigenvalue weighted by Gasteiger charge is 2.14. The predicted octanol–water partition coefficient (Wildman–Crippen LogP) is 7.77. The Labute approximate surface area is 162 Å². The molecule has 0 bridgehead atoms. The molecule has 0 unspecified atom stereocenters. The number of fused-ring (bicyclic) bond motifs is 6. The summed E-state index contributed by atoms with van der Waals surface area (Å²) in [5.74, 6) is 1.53. The first kappa shape index (κ1) is 15.5. The molecule has 134 valence electrons. The van der Waals surface area contributed by atoms with Crippen LogP contribution in [-0.4, -0.2) is 0 Å². The summed E-state index contributed by atoms with van der Waals surface area (Å²) >= 11 is 0. The van der Waals surface area contributed by atoms with Crippen LogP contribution in [0.1, 0.15) is 11.1 Å². The van der Waals surface area contributed by atoms with Crippen LogP contribution in [0.25, 0.3) is 55.0 Å². The van der Waals surface area contributed by atoms with Gasteiger partial charge in [0.15, 0.2) is 11.5 Å². The largest absolute Gasteiger partial charge is 0.453 e. The van der Waals surface area contributed by atoms with Crippen molar-refractivity contribution in [2.75, 3.05) is 0 Å². The second kappa shape index (κ2) is 5.49. The summed E-state index contributed by atoms with van der Waals surface area (Å²) in [4.78, 5) is 0. The highest BCUT2D eigenvalue weighted by molar-refractivity contribution is 6.09. The molecule has 0 N–H and O–H groups in total. The second-order valence-corrected chi connectivity index (χ2v) is 7.63. The molecule has 6 rings (SSSR count). The third-order valence-corrected chi connectivity index (χ3v) is 5.59. The Morgan fingerprint density at radius 2 is 0.929 bits per heavy atom. The lowest BCUT2D eigenvalue weighted by atomic mass is 10.0. The van der Waals surface area contributed by atoms with Crippen LogP contribution >= 0.6 is 0 Å². The number of benzene rings is 4. The van der Waals surface area contributed by atoms with Gasteiger partial charge in [0, 0.05) is 10.8 Å². The van der Waals surface area contributed by atoms with Crippen LogP contribution in [0.2, 0.25) is 0 Å². The predicted molar refractivity (Wildman–Crippen MR) is 116 cm³/mol. The molecule has 0 aliphatic rings. The molecule has 4 aromatic carbocycles. The average Bonchev–Trinajstić information content (AvgIpc) is 3.31. The van der Waals surface area contributed by atoms with Gasteiger partial charge in [-0.15, -0.1) is 0 Å². The van der Waals surface area contributed by atoms with Crippen molar-refractivity contribution in [3.63, 3.8) is 0 Å². The average molecular weight is 362 g/mol. The van der Waals surface area contributed by atoms with E-state index in [1.54, 1.807) is 0 Å². The molecule has 0 aliphatic heterocycles. The quantitative estimate of drug-likeness (QED) is 0.299. The van der Waals surface area contributed by atoms with E-state index in [1.165, 1.54) is 32.7 Å². The fraction of sp³-hybridized carbons (Fsp3) is 0.0769. The summed E-state index contributed by atoms with van der Waals surface area (Å²) in [6.07, 6.45) is 0. The minimum absolute atomic E-state index is 0.763. The van der Waals surface area contributed by atoms with E-state index in [-0.39, 0.29) is 0 Å². The van der Waals surface area contributed by atoms with Gasteiger partial charge in [-0.1, -0.05) is 59.7 Å². The highest BCUT2D eigenvalue weighted by atomic mass is 16.4. The zero-order valence-electron chi connectivity index (χ0n) is 15.7. The topological polar surface area (TPSA) is 26.3 Å². The molecule has 0 fully saturated rings. The smallest absolute Gasteiger partial charge is 0.170 e. The molecular formula is C26H18O2. The third kappa shape index (κ3) is 2.21. The molecule has 0 atom stereocenters. The van der Waals surface area contributed by atoms with Gasteiger partial charge in [-0.05, 0) is 59.7 Å². The highest BCUT2D eigenvalue weighted by Crippen LogP contribution is 2.37. The molecule has 2 aromatic heterocycles. The van der Waals surface area contributed by atoms with Crippen LogP contribution in [0.5, 0.6) is 0 Å². The van der Waals surface area contributed by atoms with Crippen molar-refractivity contribution < 1.29 is 8.83 Å². The van der Waals surface area contributed by atoms with E-state index < -0.39 is 0 Å². The fourth-order valence-electron chi connectivity index (χ4n) is 4.18. The minimum Gasteiger partial charge on any atom is -0.453 e. The van der Waals surface area contributed by atoms with Gasteiger partial charge in [0.05, 0.1) is 0 Å². The summed E-state index contributed by atoms with van der Waals surface area (Å²) in [5.41, 5.74) is 4.28. The Balaban J connectivity index is 1.59. The Morgan fingerprint density at radius 3 is 1.39 bits per heavy atom. The molecular weight excluding hydrogens is 344 g/mol. The van der Waals surface area contributed by atoms with Crippen LogP contribution in [0.3, 0.4) is 0 Å². The molecule has 0 spiro atoms. The molecule has 28 heavy (non-hydrogen) atoms. The van der Waals surface area contributed by atoms with E-state index in [2.05, 4.69) is 74.5 Å². The van der Waals surface area contributed by atoms with Gasteiger partial charge in [-0.3, -0.25) is 0 Å². The van der Waals surface area contributed by atoms with Crippen LogP contribution in [0.15, 0.2) is 81.6 Å². The van der Waals surface area contributed by atoms with Crippen LogP contribution in [0, 0.1) is 13.8 Å². The molecule has 0 radical (unpaired) electrons. The maximum atomic E-state index is 6.16. The molecule has 0 amide bonds. The standard InChI is InChI=1S/C26H18O2/c1-15-3-7-19-17(11-15)5-9-23-21(19)13-25(27-23)26-14-22-20-8-4-16(2)12-18(20)6-10-24(22)28-26/h3-14H,1-2H3. The van der Waals surface area contributed by atoms with Gasteiger partial charge in [0.2, 0.25) is 0 Å². The molecule has 2 heterocycles. The monoisotopic (exact) mass is 362 g/mol. The number of aryl methyl sites for hydroxylation is 2. The first-order valence-electron chi connectivity index (χ1n) is 9.52. The number of hydrogen-bond acceptors (Lipinski definition) is 2. The van der Waals surface area contributed by atoms with Crippen molar-refractivity contribution >= 4 is 43.5 Å². The first-order chi connectivity index (χ1) is 13.7. The number of hydrogen-bond donors (Lipinski definition) is 0. The maximum Gasteiger partial charge on any atom is 0.170 e. The zero-order chi connectivity index (χ0) is 18.8. The van der Waals surface area contributed by atoms with Gasteiger partial charge in [0.1, 0.15) is 11.2 Å². The fourth-order valence-corrected chi connectivity index (χ4v) is 4.18. The summed E-state index contributed by atoms with van der Waals surface area (Å²) in [5, 5.41) is 7.10. The van der Waals surface area contributed by atoms with Crippen molar-refractivity contribution in [1.82, 2.24) is 0 Å². The molecule has 0 saturated carbocycles. The maximum absolute atomic E-state index is 6.16. The zero-order valence-corrected chi connectivity index (χ0v) is 15.7. The number of rotatable bonds is 1. The van der Waals surface area contributed by atoms with Gasteiger partial charge in [-0.25, -0.2) is 0 Å². The molecule has 0 saturated heterocycles. The Hall–Kier alpha value is -3.52. The van der Waals surface area contributed by atoms with E-state index in [9.17, 15) is 0 Å². The van der Waals surface area contributed by atoms with Crippen LogP contribution in [-0.2, 0) is 0 Å². The van der Waals surface area contributed by atoms with Crippen molar-refractivity contribution in [2.24, 2.45) is 0 Å². The van der Waals surface area contributed by atoms with E-state index >= 15 is 0 Å². The van der Waals surface area contributed by atoms with Gasteiger partial charge in [-0.2, -0.15) is 0 Å². The van der Waals surface area contributed by atoms with E-state index in [1.807, 2.05) is 12.1 Å². The first-order valence-corrected chi connectivity index (χ1v) is 9.52. The lowest BCUT2D eigenvalue weighted by Crippen LogP contribution is -1.75. The lowest BCUT2D eigenvalue weighted by Gasteiger charge is -1.99. The van der Waals surface area contributed by atoms with Crippen LogP contribution < -0.4 is 0 Å². The van der Waals surface area contributed by atoms with E-state index in [4.69, 9.17) is 8.83 Å². The van der Waals surface area contributed by atoms with Gasteiger partial charge < -0.3 is 8.83 Å². The number of furan rings is 2. The van der Waals surface area contributed by atoms with Crippen molar-refractivity contribution in [2.45, 2.75) is 13.8 Å². The SMILES string of the molecule is Cc1ccc2c(ccc3oc(-c4cc5c(ccc6cc(C)ccc65)o4)cc32)c1. The summed E-state index contributed by atoms with van der Waals surface area (Å²) in [6, 6.07) is 25.5. The van der Waals surface area contributed by atoms with Gasteiger partial charge in [0.25, 0.3) is 0 Å². The summed E-state index contributed by atoms with van der Waals surface area (Å²) in [7, 11) is 0. The van der Waals surface area contributed by atoms with Crippen molar-refractivity contribution in [3.05, 3.63) is 83.9 Å². The van der Waals surface area contributed by atoms with Gasteiger partial charge >= 0.3 is 0 Å². The molecule has 2 heteroatoms. The van der Waals surface area contributed by atoms with Crippen molar-refractivity contribution in [3.8, 4) is 11.5 Å². The van der Waals surface area contributed by atoms with E-state index in [0.29, 0.717) is 0 Å². The Morgan fingerprint density at radius 1 is 0.464 bits per heavy atom. The van der Waals surface area contributed by atoms with Crippen LogP contribution in [0.4, 0.5) is 0 Å². The third-order valence-electron chi connectivity index (χ3n) is 5.59. The van der Waals surface area contributed by atoms with Crippen molar-refractivity contribution in [1.29, 1.82) is 0 Å². The lowest BCUT2D eigenvalue weighted by molar-refractivity contribution is 0.569.